The minimum Gasteiger partial charge on any atom is -0.338 e. The topological polar surface area (TPSA) is 54.0 Å². The van der Waals surface area contributed by atoms with E-state index in [9.17, 15) is 4.79 Å². The van der Waals surface area contributed by atoms with Crippen LogP contribution in [0.25, 0.3) is 0 Å². The van der Waals surface area contributed by atoms with E-state index in [0.29, 0.717) is 11.8 Å². The molecule has 2 aliphatic rings. The Bertz CT molecular complexity index is 451. The molecule has 1 heterocycles. The van der Waals surface area contributed by atoms with E-state index in [1.54, 1.807) is 11.3 Å². The van der Waals surface area contributed by atoms with Gasteiger partial charge in [-0.1, -0.05) is 6.42 Å². The van der Waals surface area contributed by atoms with E-state index in [1.165, 1.54) is 32.1 Å². The lowest BCUT2D eigenvalue weighted by molar-refractivity contribution is 0.227. The van der Waals surface area contributed by atoms with Crippen LogP contribution in [-0.4, -0.2) is 17.6 Å². The number of thiazole rings is 1. The van der Waals surface area contributed by atoms with E-state index in [4.69, 9.17) is 0 Å². The third-order valence-corrected chi connectivity index (χ3v) is 5.10. The quantitative estimate of drug-likeness (QED) is 0.870. The average molecular weight is 279 g/mol. The summed E-state index contributed by atoms with van der Waals surface area (Å²) in [4.78, 5) is 16.5. The number of urea groups is 1. The fraction of sp³-hybridized carbons (Fsp3) is 0.714. The Hall–Kier alpha value is -1.10. The van der Waals surface area contributed by atoms with Gasteiger partial charge in [0.2, 0.25) is 0 Å². The molecule has 1 atom stereocenters. The third kappa shape index (κ3) is 3.26. The molecule has 1 aromatic rings. The van der Waals surface area contributed by atoms with Crippen molar-refractivity contribution in [2.75, 3.05) is 6.54 Å². The van der Waals surface area contributed by atoms with E-state index in [2.05, 4.69) is 21.0 Å². The molecule has 2 N–H and O–H groups in total. The molecule has 2 amide bonds. The number of hydrogen-bond acceptors (Lipinski definition) is 3. The summed E-state index contributed by atoms with van der Waals surface area (Å²) in [5.74, 6) is 1.28. The zero-order valence-electron chi connectivity index (χ0n) is 11.3. The predicted octanol–water partition coefficient (Wildman–Crippen LogP) is 3.00. The van der Waals surface area contributed by atoms with Crippen LogP contribution in [0.4, 0.5) is 4.79 Å². The number of nitrogens with one attached hydrogen (secondary N) is 2. The van der Waals surface area contributed by atoms with E-state index < -0.39 is 0 Å². The van der Waals surface area contributed by atoms with Crippen LogP contribution in [0.5, 0.6) is 0 Å². The monoisotopic (exact) mass is 279 g/mol. The molecule has 4 nitrogen and oxygen atoms in total. The highest BCUT2D eigenvalue weighted by atomic mass is 32.1. The minimum absolute atomic E-state index is 0.0309. The molecular formula is C14H21N3OS. The van der Waals surface area contributed by atoms with Gasteiger partial charge in [0.15, 0.2) is 0 Å². The maximum absolute atomic E-state index is 12.0. The lowest BCUT2D eigenvalue weighted by atomic mass is 9.85. The van der Waals surface area contributed by atoms with Gasteiger partial charge in [-0.05, 0) is 44.4 Å². The summed E-state index contributed by atoms with van der Waals surface area (Å²) in [6.07, 6.45) is 6.24. The molecule has 0 bridgehead atoms. The number of amides is 2. The number of aromatic nitrogens is 1. The highest BCUT2D eigenvalue weighted by molar-refractivity contribution is 7.09. The van der Waals surface area contributed by atoms with Crippen molar-refractivity contribution in [3.05, 3.63) is 16.1 Å². The lowest BCUT2D eigenvalue weighted by Gasteiger charge is -2.26. The molecule has 3 rings (SSSR count). The highest BCUT2D eigenvalue weighted by Crippen LogP contribution is 2.41. The fourth-order valence-electron chi connectivity index (χ4n) is 2.45. The van der Waals surface area contributed by atoms with E-state index in [1.807, 2.05) is 6.92 Å². The summed E-state index contributed by atoms with van der Waals surface area (Å²) in [6, 6.07) is 0.0803. The van der Waals surface area contributed by atoms with E-state index in [0.717, 1.165) is 17.2 Å². The van der Waals surface area contributed by atoms with Gasteiger partial charge < -0.3 is 10.6 Å². The van der Waals surface area contributed by atoms with Crippen molar-refractivity contribution in [2.45, 2.75) is 45.1 Å². The van der Waals surface area contributed by atoms with Gasteiger partial charge >= 0.3 is 6.03 Å². The largest absolute Gasteiger partial charge is 0.338 e. The zero-order chi connectivity index (χ0) is 13.2. The molecule has 2 fully saturated rings. The Morgan fingerprint density at radius 2 is 2.26 bits per heavy atom. The van der Waals surface area contributed by atoms with Crippen LogP contribution >= 0.6 is 11.3 Å². The van der Waals surface area contributed by atoms with Gasteiger partial charge in [-0.3, -0.25) is 0 Å². The molecule has 19 heavy (non-hydrogen) atoms. The molecule has 0 spiro atoms. The molecule has 0 aliphatic heterocycles. The average Bonchev–Trinajstić information content (AvgIpc) is 3.07. The summed E-state index contributed by atoms with van der Waals surface area (Å²) in [5.41, 5.74) is 1.04. The first-order valence-electron chi connectivity index (χ1n) is 7.19. The second kappa shape index (κ2) is 5.49. The Morgan fingerprint density at radius 1 is 1.47 bits per heavy atom. The van der Waals surface area contributed by atoms with Crippen molar-refractivity contribution in [3.8, 4) is 0 Å². The fourth-order valence-corrected chi connectivity index (χ4v) is 3.39. The van der Waals surface area contributed by atoms with Crippen LogP contribution in [0.15, 0.2) is 5.38 Å². The van der Waals surface area contributed by atoms with Gasteiger partial charge in [-0.2, -0.15) is 0 Å². The molecular weight excluding hydrogens is 258 g/mol. The van der Waals surface area contributed by atoms with E-state index in [-0.39, 0.29) is 12.1 Å². The maximum atomic E-state index is 12.0. The van der Waals surface area contributed by atoms with Gasteiger partial charge in [0, 0.05) is 17.6 Å². The van der Waals surface area contributed by atoms with E-state index >= 15 is 0 Å². The van der Waals surface area contributed by atoms with Gasteiger partial charge in [0.1, 0.15) is 5.01 Å². The molecule has 2 aliphatic carbocycles. The van der Waals surface area contributed by atoms with Crippen LogP contribution < -0.4 is 10.6 Å². The predicted molar refractivity (Wildman–Crippen MR) is 76.2 cm³/mol. The Balaban J connectivity index is 1.53. The summed E-state index contributed by atoms with van der Waals surface area (Å²) in [6.45, 7) is 2.82. The van der Waals surface area contributed by atoms with Crippen molar-refractivity contribution in [1.29, 1.82) is 0 Å². The third-order valence-electron chi connectivity index (χ3n) is 4.06. The zero-order valence-corrected chi connectivity index (χ0v) is 12.1. The van der Waals surface area contributed by atoms with Crippen molar-refractivity contribution >= 4 is 17.4 Å². The number of hydrogen-bond donors (Lipinski definition) is 2. The summed E-state index contributed by atoms with van der Waals surface area (Å²) >= 11 is 1.65. The number of carbonyl (C=O) groups is 1. The SMILES string of the molecule is Cc1csc([C@@H](NC(=O)NCC2CCC2)C2CC2)n1. The summed E-state index contributed by atoms with van der Waals surface area (Å²) < 4.78 is 0. The number of rotatable bonds is 5. The Morgan fingerprint density at radius 3 is 2.79 bits per heavy atom. The van der Waals surface area contributed by atoms with Crippen LogP contribution in [0, 0.1) is 18.8 Å². The number of nitrogens with zero attached hydrogens (tertiary/aromatic N) is 1. The smallest absolute Gasteiger partial charge is 0.315 e. The van der Waals surface area contributed by atoms with Gasteiger partial charge in [0.25, 0.3) is 0 Å². The number of aryl methyl sites for hydroxylation is 1. The summed E-state index contributed by atoms with van der Waals surface area (Å²) in [7, 11) is 0. The van der Waals surface area contributed by atoms with Crippen LogP contribution in [0.1, 0.15) is 48.8 Å². The van der Waals surface area contributed by atoms with Gasteiger partial charge in [-0.25, -0.2) is 9.78 Å². The molecule has 0 aromatic carbocycles. The molecule has 2 saturated carbocycles. The first-order chi connectivity index (χ1) is 9.22. The van der Waals surface area contributed by atoms with Gasteiger partial charge in [0.05, 0.1) is 6.04 Å². The van der Waals surface area contributed by atoms with Crippen LogP contribution in [-0.2, 0) is 0 Å². The first-order valence-corrected chi connectivity index (χ1v) is 8.06. The molecule has 0 saturated heterocycles. The molecule has 1 aromatic heterocycles. The molecule has 104 valence electrons. The van der Waals surface area contributed by atoms with Crippen molar-refractivity contribution < 1.29 is 4.79 Å². The minimum atomic E-state index is -0.0309. The lowest BCUT2D eigenvalue weighted by Crippen LogP contribution is -2.41. The standard InChI is InChI=1S/C14H21N3OS/c1-9-8-19-13(16-9)12(11-5-6-11)17-14(18)15-7-10-3-2-4-10/h8,10-12H,2-7H2,1H3,(H2,15,17,18)/t12-/m0/s1. The van der Waals surface area contributed by atoms with Gasteiger partial charge in [-0.15, -0.1) is 11.3 Å². The van der Waals surface area contributed by atoms with Crippen molar-refractivity contribution in [3.63, 3.8) is 0 Å². The summed E-state index contributed by atoms with van der Waals surface area (Å²) in [5, 5.41) is 9.22. The second-order valence-electron chi connectivity index (χ2n) is 5.79. The number of carbonyl (C=O) groups excluding carboxylic acids is 1. The molecule has 0 radical (unpaired) electrons. The highest BCUT2D eigenvalue weighted by Gasteiger charge is 2.35. The molecule has 0 unspecified atom stereocenters. The van der Waals surface area contributed by atoms with Crippen molar-refractivity contribution in [2.24, 2.45) is 11.8 Å². The second-order valence-corrected chi connectivity index (χ2v) is 6.68. The normalized spacial score (nSPS) is 20.7. The van der Waals surface area contributed by atoms with Crippen LogP contribution in [0.3, 0.4) is 0 Å². The molecule has 5 heteroatoms. The Kier molecular flexibility index (Phi) is 3.73. The Labute approximate surface area is 118 Å². The maximum Gasteiger partial charge on any atom is 0.315 e. The van der Waals surface area contributed by atoms with Crippen molar-refractivity contribution in [1.82, 2.24) is 15.6 Å². The first kappa shape index (κ1) is 12.9. The van der Waals surface area contributed by atoms with Crippen LogP contribution in [0.2, 0.25) is 0 Å².